The maximum atomic E-state index is 12.2. The zero-order valence-electron chi connectivity index (χ0n) is 25.5. The molecule has 0 saturated carbocycles. The Balaban J connectivity index is 0.000000552. The molecule has 0 aromatic heterocycles. The number of nitrogens with zero attached hydrogens (tertiary/aromatic N) is 1. The highest BCUT2D eigenvalue weighted by Gasteiger charge is 2.29. The van der Waals surface area contributed by atoms with E-state index >= 15 is 0 Å². The highest BCUT2D eigenvalue weighted by atomic mass is 16.6. The number of imide groups is 1. The average Bonchev–Trinajstić information content (AvgIpc) is 2.86. The predicted octanol–water partition coefficient (Wildman–Crippen LogP) is 4.53. The summed E-state index contributed by atoms with van der Waals surface area (Å²) in [7, 11) is 0. The first-order valence-corrected chi connectivity index (χ1v) is 14.1. The molecule has 1 N–H and O–H groups in total. The Bertz CT molecular complexity index is 1010. The van der Waals surface area contributed by atoms with Gasteiger partial charge in [0.2, 0.25) is 11.8 Å². The molecular formula is C31H48N2O7. The van der Waals surface area contributed by atoms with Gasteiger partial charge in [0.25, 0.3) is 0 Å². The third kappa shape index (κ3) is 12.9. The van der Waals surface area contributed by atoms with E-state index in [1.807, 2.05) is 66.7 Å². The summed E-state index contributed by atoms with van der Waals surface area (Å²) in [6.45, 7) is 17.9. The summed E-state index contributed by atoms with van der Waals surface area (Å²) in [6, 6.07) is 5.67. The van der Waals surface area contributed by atoms with Crippen LogP contribution >= 0.6 is 0 Å². The molecule has 2 fully saturated rings. The van der Waals surface area contributed by atoms with E-state index in [1.54, 1.807) is 0 Å². The van der Waals surface area contributed by atoms with Crippen molar-refractivity contribution < 1.29 is 33.4 Å². The number of aldehydes is 1. The molecule has 0 bridgehead atoms. The monoisotopic (exact) mass is 560 g/mol. The Morgan fingerprint density at radius 1 is 1.12 bits per heavy atom. The van der Waals surface area contributed by atoms with Crippen LogP contribution in [0.2, 0.25) is 0 Å². The molecule has 0 radical (unpaired) electrons. The van der Waals surface area contributed by atoms with Crippen LogP contribution < -0.4 is 10.1 Å². The van der Waals surface area contributed by atoms with E-state index in [-0.39, 0.29) is 41.3 Å². The van der Waals surface area contributed by atoms with Gasteiger partial charge in [-0.05, 0) is 90.7 Å². The second kappa shape index (κ2) is 16.9. The quantitative estimate of drug-likeness (QED) is 0.224. The maximum absolute atomic E-state index is 12.2. The van der Waals surface area contributed by atoms with Crippen LogP contribution in [0, 0.1) is 24.7 Å². The first-order valence-electron chi connectivity index (χ1n) is 14.1. The molecule has 2 aliphatic heterocycles. The number of nitrogens with one attached hydrogen (secondary N) is 1. The summed E-state index contributed by atoms with van der Waals surface area (Å²) in [5, 5.41) is 2.25. The van der Waals surface area contributed by atoms with Gasteiger partial charge < -0.3 is 14.3 Å². The average molecular weight is 561 g/mol. The lowest BCUT2D eigenvalue weighted by atomic mass is 9.96. The molecule has 2 aliphatic rings. The first kappa shape index (κ1) is 35.0. The fourth-order valence-electron chi connectivity index (χ4n) is 4.19. The third-order valence-corrected chi connectivity index (χ3v) is 6.51. The lowest BCUT2D eigenvalue weighted by molar-refractivity contribution is -0.161. The lowest BCUT2D eigenvalue weighted by Gasteiger charge is -2.32. The molecular weight excluding hydrogens is 512 g/mol. The van der Waals surface area contributed by atoms with E-state index in [9.17, 15) is 19.2 Å². The number of rotatable bonds is 7. The van der Waals surface area contributed by atoms with Gasteiger partial charge >= 0.3 is 5.97 Å². The molecule has 1 aromatic rings. The zero-order chi connectivity index (χ0) is 30.5. The summed E-state index contributed by atoms with van der Waals surface area (Å²) in [5.41, 5.74) is 1.30. The highest BCUT2D eigenvalue weighted by Crippen LogP contribution is 2.22. The number of carbonyl (C=O) groups is 5. The summed E-state index contributed by atoms with van der Waals surface area (Å²) in [6.07, 6.45) is 3.61. The SMILES string of the molecule is CC1CCC(=O)NC1=O.CC=O.Cc1cc(OCCN2CCC(C(=O)OC(C)(C)C)CC2)ccc1C(=O)C(C)C. The van der Waals surface area contributed by atoms with Crippen molar-refractivity contribution in [2.45, 2.75) is 86.7 Å². The van der Waals surface area contributed by atoms with Crippen molar-refractivity contribution in [1.82, 2.24) is 10.2 Å². The van der Waals surface area contributed by atoms with E-state index in [2.05, 4.69) is 10.2 Å². The highest BCUT2D eigenvalue weighted by molar-refractivity contribution is 5.99. The van der Waals surface area contributed by atoms with E-state index < -0.39 is 5.60 Å². The number of ether oxygens (including phenoxy) is 2. The number of amides is 2. The fraction of sp³-hybridized carbons (Fsp3) is 0.645. The number of benzene rings is 1. The van der Waals surface area contributed by atoms with E-state index in [1.165, 1.54) is 6.92 Å². The summed E-state index contributed by atoms with van der Waals surface area (Å²) in [4.78, 5) is 56.6. The van der Waals surface area contributed by atoms with Crippen LogP contribution in [0.5, 0.6) is 5.75 Å². The van der Waals surface area contributed by atoms with Crippen LogP contribution in [-0.2, 0) is 23.9 Å². The summed E-state index contributed by atoms with van der Waals surface area (Å²) < 4.78 is 11.4. The molecule has 2 amide bonds. The molecule has 0 spiro atoms. The molecule has 2 saturated heterocycles. The molecule has 224 valence electrons. The van der Waals surface area contributed by atoms with Gasteiger partial charge in [-0.25, -0.2) is 0 Å². The summed E-state index contributed by atoms with van der Waals surface area (Å²) >= 11 is 0. The number of esters is 1. The van der Waals surface area contributed by atoms with Gasteiger partial charge in [-0.2, -0.15) is 0 Å². The molecule has 1 aromatic carbocycles. The number of ketones is 1. The zero-order valence-corrected chi connectivity index (χ0v) is 25.5. The molecule has 9 nitrogen and oxygen atoms in total. The van der Waals surface area contributed by atoms with Crippen molar-refractivity contribution in [3.05, 3.63) is 29.3 Å². The Hall–Kier alpha value is -3.07. The molecule has 9 heteroatoms. The normalized spacial score (nSPS) is 18.0. The number of likely N-dealkylation sites (tertiary alicyclic amines) is 1. The fourth-order valence-corrected chi connectivity index (χ4v) is 4.19. The minimum Gasteiger partial charge on any atom is -0.492 e. The number of Topliss-reactive ketones (excluding diaryl/α,β-unsaturated/α-hetero) is 1. The Kier molecular flexibility index (Phi) is 14.8. The maximum Gasteiger partial charge on any atom is 0.309 e. The van der Waals surface area contributed by atoms with Gasteiger partial charge in [0.05, 0.1) is 5.92 Å². The van der Waals surface area contributed by atoms with E-state index in [0.717, 1.165) is 55.6 Å². The van der Waals surface area contributed by atoms with Crippen LogP contribution in [0.25, 0.3) is 0 Å². The van der Waals surface area contributed by atoms with Gasteiger partial charge in [-0.15, -0.1) is 0 Å². The van der Waals surface area contributed by atoms with E-state index in [4.69, 9.17) is 14.3 Å². The predicted molar refractivity (Wildman–Crippen MR) is 154 cm³/mol. The Morgan fingerprint density at radius 2 is 1.73 bits per heavy atom. The number of hydrogen-bond donors (Lipinski definition) is 1. The van der Waals surface area contributed by atoms with Gasteiger partial charge in [0.15, 0.2) is 5.78 Å². The molecule has 2 heterocycles. The molecule has 3 rings (SSSR count). The second-order valence-corrected chi connectivity index (χ2v) is 11.6. The van der Waals surface area contributed by atoms with Crippen LogP contribution in [-0.4, -0.2) is 66.6 Å². The van der Waals surface area contributed by atoms with Crippen molar-refractivity contribution in [1.29, 1.82) is 0 Å². The van der Waals surface area contributed by atoms with Gasteiger partial charge in [-0.3, -0.25) is 29.4 Å². The first-order chi connectivity index (χ1) is 18.7. The molecule has 40 heavy (non-hydrogen) atoms. The van der Waals surface area contributed by atoms with Gasteiger partial charge in [-0.1, -0.05) is 20.8 Å². The number of piperidine rings is 2. The van der Waals surface area contributed by atoms with E-state index in [0.29, 0.717) is 19.4 Å². The van der Waals surface area contributed by atoms with Gasteiger partial charge in [0, 0.05) is 30.4 Å². The molecule has 1 atom stereocenters. The second-order valence-electron chi connectivity index (χ2n) is 11.6. The standard InChI is InChI=1S/C23H35NO4.C6H9NO2.C2H4O/c1-16(2)21(25)20-8-7-19(15-17(20)3)27-14-13-24-11-9-18(10-12-24)22(26)28-23(4,5)6;1-4-2-3-5(8)7-6(4)9;1-2-3/h7-8,15-16,18H,9-14H2,1-6H3;4H,2-3H2,1H3,(H,7,8,9);2H,1H3. The molecule has 1 unspecified atom stereocenters. The van der Waals surface area contributed by atoms with Crippen LogP contribution in [0.15, 0.2) is 18.2 Å². The number of carbonyl (C=O) groups excluding carboxylic acids is 5. The van der Waals surface area contributed by atoms with Crippen molar-refractivity contribution in [2.75, 3.05) is 26.2 Å². The Labute approximate surface area is 239 Å². The Morgan fingerprint density at radius 3 is 2.20 bits per heavy atom. The van der Waals surface area contributed by atoms with Gasteiger partial charge in [0.1, 0.15) is 24.2 Å². The van der Waals surface area contributed by atoms with Crippen molar-refractivity contribution in [2.24, 2.45) is 17.8 Å². The lowest BCUT2D eigenvalue weighted by Crippen LogP contribution is -2.40. The number of hydrogen-bond acceptors (Lipinski definition) is 8. The largest absolute Gasteiger partial charge is 0.492 e. The van der Waals surface area contributed by atoms with Crippen molar-refractivity contribution >= 4 is 29.9 Å². The number of aryl methyl sites for hydroxylation is 1. The minimum atomic E-state index is -0.421. The van der Waals surface area contributed by atoms with Crippen LogP contribution in [0.1, 0.15) is 90.1 Å². The minimum absolute atomic E-state index is 0.00471. The van der Waals surface area contributed by atoms with Crippen molar-refractivity contribution in [3.8, 4) is 5.75 Å². The molecule has 0 aliphatic carbocycles. The van der Waals surface area contributed by atoms with Crippen molar-refractivity contribution in [3.63, 3.8) is 0 Å². The smallest absolute Gasteiger partial charge is 0.309 e. The van der Waals surface area contributed by atoms with Crippen LogP contribution in [0.3, 0.4) is 0 Å². The van der Waals surface area contributed by atoms with Crippen LogP contribution in [0.4, 0.5) is 0 Å². The third-order valence-electron chi connectivity index (χ3n) is 6.51. The summed E-state index contributed by atoms with van der Waals surface area (Å²) in [5.74, 6) is 0.625. The topological polar surface area (TPSA) is 119 Å².